The summed E-state index contributed by atoms with van der Waals surface area (Å²) < 4.78 is 0. The molecule has 1 fully saturated rings. The quantitative estimate of drug-likeness (QED) is 0.784. The lowest BCUT2D eigenvalue weighted by Gasteiger charge is -2.38. The molecule has 4 heteroatoms. The molecule has 18 heavy (non-hydrogen) atoms. The topological polar surface area (TPSA) is 29.0 Å². The Morgan fingerprint density at radius 2 is 1.83 bits per heavy atom. The first-order valence-corrected chi connectivity index (χ1v) is 7.15. The molecule has 1 saturated carbocycles. The lowest BCUT2D eigenvalue weighted by Crippen LogP contribution is -2.38. The average Bonchev–Trinajstić information content (AvgIpc) is 2.38. The maximum atomic E-state index is 5.75. The second-order valence-electron chi connectivity index (χ2n) is 6.03. The molecule has 1 aromatic rings. The number of halogens is 1. The van der Waals surface area contributed by atoms with Crippen LogP contribution in [0.15, 0.2) is 12.4 Å². The minimum absolute atomic E-state index is 0.474. The van der Waals surface area contributed by atoms with E-state index in [2.05, 4.69) is 35.8 Å². The maximum absolute atomic E-state index is 5.75. The molecule has 100 valence electrons. The van der Waals surface area contributed by atoms with Crippen LogP contribution < -0.4 is 4.90 Å². The van der Waals surface area contributed by atoms with Crippen LogP contribution in [0.4, 0.5) is 5.95 Å². The van der Waals surface area contributed by atoms with Crippen molar-refractivity contribution in [2.75, 3.05) is 11.9 Å². The van der Waals surface area contributed by atoms with Crippen molar-refractivity contribution in [3.05, 3.63) is 18.0 Å². The van der Waals surface area contributed by atoms with Gasteiger partial charge in [0.2, 0.25) is 5.95 Å². The third-order valence-corrected chi connectivity index (χ3v) is 4.33. The molecular formula is C14H22ClN3. The zero-order chi connectivity index (χ0) is 13.2. The van der Waals surface area contributed by atoms with E-state index in [9.17, 15) is 0 Å². The van der Waals surface area contributed by atoms with E-state index in [0.717, 1.165) is 11.5 Å². The number of hydrogen-bond donors (Lipinski definition) is 0. The van der Waals surface area contributed by atoms with Gasteiger partial charge in [-0.1, -0.05) is 13.8 Å². The summed E-state index contributed by atoms with van der Waals surface area (Å²) in [7, 11) is 2.10. The number of hydrogen-bond acceptors (Lipinski definition) is 3. The molecule has 0 spiro atoms. The van der Waals surface area contributed by atoms with Crippen molar-refractivity contribution < 1.29 is 0 Å². The fourth-order valence-corrected chi connectivity index (χ4v) is 2.67. The number of anilines is 1. The summed E-state index contributed by atoms with van der Waals surface area (Å²) in [6.45, 7) is 4.71. The van der Waals surface area contributed by atoms with Crippen molar-refractivity contribution >= 4 is 17.5 Å². The van der Waals surface area contributed by atoms with Crippen LogP contribution in [0.1, 0.15) is 45.1 Å². The van der Waals surface area contributed by atoms with Gasteiger partial charge in [0.05, 0.1) is 5.88 Å². The highest BCUT2D eigenvalue weighted by atomic mass is 35.5. The molecule has 1 aliphatic carbocycles. The van der Waals surface area contributed by atoms with Crippen molar-refractivity contribution in [2.24, 2.45) is 5.41 Å². The third kappa shape index (κ3) is 3.14. The standard InChI is InChI=1S/C14H22ClN3/c1-14(2)6-4-12(5-7-14)18(3)13-16-9-11(8-15)10-17-13/h9-10,12H,4-8H2,1-3H3. The highest BCUT2D eigenvalue weighted by Gasteiger charge is 2.29. The van der Waals surface area contributed by atoms with Crippen molar-refractivity contribution in [2.45, 2.75) is 51.5 Å². The minimum atomic E-state index is 0.474. The second kappa shape index (κ2) is 5.43. The van der Waals surface area contributed by atoms with E-state index < -0.39 is 0 Å². The Morgan fingerprint density at radius 3 is 2.33 bits per heavy atom. The van der Waals surface area contributed by atoms with E-state index in [4.69, 9.17) is 11.6 Å². The number of rotatable bonds is 3. The lowest BCUT2D eigenvalue weighted by atomic mass is 9.75. The van der Waals surface area contributed by atoms with Gasteiger partial charge >= 0.3 is 0 Å². The number of nitrogens with zero attached hydrogens (tertiary/aromatic N) is 3. The SMILES string of the molecule is CN(c1ncc(CCl)cn1)C1CCC(C)(C)CC1. The van der Waals surface area contributed by atoms with Gasteiger partial charge in [-0.3, -0.25) is 0 Å². The normalized spacial score (nSPS) is 19.8. The zero-order valence-corrected chi connectivity index (χ0v) is 12.2. The Balaban J connectivity index is 2.00. The minimum Gasteiger partial charge on any atom is -0.341 e. The molecule has 0 radical (unpaired) electrons. The van der Waals surface area contributed by atoms with Crippen LogP contribution in [0, 0.1) is 5.41 Å². The Kier molecular flexibility index (Phi) is 4.10. The largest absolute Gasteiger partial charge is 0.341 e. The molecule has 2 rings (SSSR count). The fraction of sp³-hybridized carbons (Fsp3) is 0.714. The maximum Gasteiger partial charge on any atom is 0.225 e. The van der Waals surface area contributed by atoms with Crippen molar-refractivity contribution in [1.29, 1.82) is 0 Å². The van der Waals surface area contributed by atoms with Crippen LogP contribution in [-0.2, 0) is 5.88 Å². The van der Waals surface area contributed by atoms with Gasteiger partial charge in [-0.15, -0.1) is 11.6 Å². The first-order chi connectivity index (χ1) is 8.52. The smallest absolute Gasteiger partial charge is 0.225 e. The van der Waals surface area contributed by atoms with E-state index >= 15 is 0 Å². The molecule has 1 aromatic heterocycles. The van der Waals surface area contributed by atoms with Crippen LogP contribution in [0.2, 0.25) is 0 Å². The molecule has 1 heterocycles. The summed E-state index contributed by atoms with van der Waals surface area (Å²) >= 11 is 5.75. The third-order valence-electron chi connectivity index (χ3n) is 4.02. The van der Waals surface area contributed by atoms with E-state index in [-0.39, 0.29) is 0 Å². The Labute approximate surface area is 115 Å². The van der Waals surface area contributed by atoms with Gasteiger partial charge in [-0.05, 0) is 31.1 Å². The fourth-order valence-electron chi connectivity index (χ4n) is 2.53. The van der Waals surface area contributed by atoms with Crippen LogP contribution in [0.25, 0.3) is 0 Å². The molecule has 3 nitrogen and oxygen atoms in total. The number of aromatic nitrogens is 2. The predicted molar refractivity (Wildman–Crippen MR) is 76.0 cm³/mol. The molecule has 0 aliphatic heterocycles. The van der Waals surface area contributed by atoms with E-state index in [1.807, 2.05) is 12.4 Å². The van der Waals surface area contributed by atoms with Gasteiger partial charge in [0, 0.05) is 31.0 Å². The monoisotopic (exact) mass is 267 g/mol. The average molecular weight is 268 g/mol. The van der Waals surface area contributed by atoms with Gasteiger partial charge in [0.1, 0.15) is 0 Å². The molecule has 0 unspecified atom stereocenters. The van der Waals surface area contributed by atoms with E-state index in [1.165, 1.54) is 25.7 Å². The first kappa shape index (κ1) is 13.6. The van der Waals surface area contributed by atoms with Gasteiger partial charge in [-0.25, -0.2) is 9.97 Å². The van der Waals surface area contributed by atoms with Gasteiger partial charge in [0.25, 0.3) is 0 Å². The van der Waals surface area contributed by atoms with Gasteiger partial charge in [-0.2, -0.15) is 0 Å². The summed E-state index contributed by atoms with van der Waals surface area (Å²) in [5.74, 6) is 1.29. The second-order valence-corrected chi connectivity index (χ2v) is 6.30. The molecule has 0 N–H and O–H groups in total. The highest BCUT2D eigenvalue weighted by molar-refractivity contribution is 6.17. The van der Waals surface area contributed by atoms with Crippen molar-refractivity contribution in [3.8, 4) is 0 Å². The predicted octanol–water partition coefficient (Wildman–Crippen LogP) is 3.62. The summed E-state index contributed by atoms with van der Waals surface area (Å²) in [5.41, 5.74) is 1.47. The van der Waals surface area contributed by atoms with Gasteiger partial charge in [0.15, 0.2) is 0 Å². The lowest BCUT2D eigenvalue weighted by molar-refractivity contribution is 0.222. The molecule has 0 saturated heterocycles. The van der Waals surface area contributed by atoms with Crippen molar-refractivity contribution in [1.82, 2.24) is 9.97 Å². The molecular weight excluding hydrogens is 246 g/mol. The van der Waals surface area contributed by atoms with Crippen LogP contribution in [-0.4, -0.2) is 23.1 Å². The molecule has 0 amide bonds. The van der Waals surface area contributed by atoms with Gasteiger partial charge < -0.3 is 4.90 Å². The van der Waals surface area contributed by atoms with Crippen LogP contribution in [0.3, 0.4) is 0 Å². The van der Waals surface area contributed by atoms with E-state index in [0.29, 0.717) is 17.3 Å². The summed E-state index contributed by atoms with van der Waals surface area (Å²) in [4.78, 5) is 11.0. The van der Waals surface area contributed by atoms with Crippen molar-refractivity contribution in [3.63, 3.8) is 0 Å². The molecule has 0 bridgehead atoms. The zero-order valence-electron chi connectivity index (χ0n) is 11.5. The summed E-state index contributed by atoms with van der Waals surface area (Å²) in [6, 6.07) is 0.569. The molecule has 0 atom stereocenters. The number of alkyl halides is 1. The molecule has 1 aliphatic rings. The Hall–Kier alpha value is -0.830. The highest BCUT2D eigenvalue weighted by Crippen LogP contribution is 2.37. The van der Waals surface area contributed by atoms with E-state index in [1.54, 1.807) is 0 Å². The van der Waals surface area contributed by atoms with Crippen LogP contribution in [0.5, 0.6) is 0 Å². The first-order valence-electron chi connectivity index (χ1n) is 6.61. The summed E-state index contributed by atoms with van der Waals surface area (Å²) in [5, 5.41) is 0. The summed E-state index contributed by atoms with van der Waals surface area (Å²) in [6.07, 6.45) is 8.65. The Morgan fingerprint density at radius 1 is 1.28 bits per heavy atom. The molecule has 0 aromatic carbocycles. The Bertz CT molecular complexity index is 379. The van der Waals surface area contributed by atoms with Crippen LogP contribution >= 0.6 is 11.6 Å².